The number of rotatable bonds is 4. The van der Waals surface area contributed by atoms with Gasteiger partial charge in [-0.25, -0.2) is 0 Å². The van der Waals surface area contributed by atoms with Gasteiger partial charge in [-0.05, 0) is 35.1 Å². The molecule has 0 aromatic heterocycles. The maximum atomic E-state index is 10.6. The van der Waals surface area contributed by atoms with Gasteiger partial charge in [0.2, 0.25) is 0 Å². The molecule has 0 radical (unpaired) electrons. The van der Waals surface area contributed by atoms with E-state index in [-0.39, 0.29) is 12.3 Å². The Kier molecular flexibility index (Phi) is 3.29. The number of aliphatic carboxylic acids is 1. The normalized spacial score (nSPS) is 19.6. The lowest BCUT2D eigenvalue weighted by molar-refractivity contribution is -0.137. The van der Waals surface area contributed by atoms with Crippen LogP contribution in [0, 0.1) is 5.92 Å². The van der Waals surface area contributed by atoms with Crippen molar-refractivity contribution in [2.75, 3.05) is 0 Å². The van der Waals surface area contributed by atoms with Crippen LogP contribution >= 0.6 is 0 Å². The predicted octanol–water partition coefficient (Wildman–Crippen LogP) is 2.62. The smallest absolute Gasteiger partial charge is 0.303 e. The van der Waals surface area contributed by atoms with Gasteiger partial charge in [0, 0.05) is 6.42 Å². The van der Waals surface area contributed by atoms with Gasteiger partial charge in [-0.3, -0.25) is 4.79 Å². The van der Waals surface area contributed by atoms with Gasteiger partial charge >= 0.3 is 5.97 Å². The molecule has 1 aliphatic rings. The Labute approximate surface area is 100 Å². The largest absolute Gasteiger partial charge is 0.481 e. The number of aliphatic hydroxyl groups excluding tert-OH is 1. The zero-order chi connectivity index (χ0) is 12.4. The van der Waals surface area contributed by atoms with Crippen LogP contribution < -0.4 is 0 Å². The summed E-state index contributed by atoms with van der Waals surface area (Å²) in [6.07, 6.45) is 2.05. The summed E-state index contributed by atoms with van der Waals surface area (Å²) in [5, 5.41) is 18.6. The first-order valence-electron chi connectivity index (χ1n) is 5.80. The van der Waals surface area contributed by atoms with E-state index in [1.165, 1.54) is 0 Å². The number of benzene rings is 1. The van der Waals surface area contributed by atoms with E-state index < -0.39 is 12.1 Å². The van der Waals surface area contributed by atoms with Gasteiger partial charge in [-0.15, -0.1) is 0 Å². The summed E-state index contributed by atoms with van der Waals surface area (Å²) in [5.41, 5.74) is 3.04. The van der Waals surface area contributed by atoms with Crippen molar-refractivity contribution in [3.63, 3.8) is 0 Å². The molecule has 2 atom stereocenters. The van der Waals surface area contributed by atoms with Gasteiger partial charge < -0.3 is 10.2 Å². The fraction of sp³-hybridized carbons (Fsp3) is 0.357. The third-order valence-corrected chi connectivity index (χ3v) is 3.25. The van der Waals surface area contributed by atoms with Crippen LogP contribution in [-0.2, 0) is 4.79 Å². The zero-order valence-electron chi connectivity index (χ0n) is 9.76. The summed E-state index contributed by atoms with van der Waals surface area (Å²) < 4.78 is 0. The van der Waals surface area contributed by atoms with Gasteiger partial charge in [0.05, 0.1) is 6.10 Å². The Morgan fingerprint density at radius 2 is 2.12 bits per heavy atom. The van der Waals surface area contributed by atoms with Gasteiger partial charge in [0.1, 0.15) is 0 Å². The fourth-order valence-electron chi connectivity index (χ4n) is 2.29. The molecule has 1 aromatic rings. The van der Waals surface area contributed by atoms with Crippen molar-refractivity contribution in [2.24, 2.45) is 5.92 Å². The Hall–Kier alpha value is -1.61. The average molecular weight is 232 g/mol. The second kappa shape index (κ2) is 4.72. The summed E-state index contributed by atoms with van der Waals surface area (Å²) in [5.74, 6) is -0.617. The van der Waals surface area contributed by atoms with Crippen LogP contribution in [0.3, 0.4) is 0 Å². The summed E-state index contributed by atoms with van der Waals surface area (Å²) in [7, 11) is 0. The number of carbonyl (C=O) groups is 1. The number of hydrogen-bond donors (Lipinski definition) is 2. The van der Waals surface area contributed by atoms with Crippen LogP contribution in [0.4, 0.5) is 0 Å². The first-order valence-corrected chi connectivity index (χ1v) is 5.80. The molecule has 3 heteroatoms. The number of allylic oxidation sites excluding steroid dienone is 1. The minimum absolute atomic E-state index is 0.157. The zero-order valence-corrected chi connectivity index (χ0v) is 9.76. The van der Waals surface area contributed by atoms with Gasteiger partial charge in [-0.1, -0.05) is 31.2 Å². The lowest BCUT2D eigenvalue weighted by Crippen LogP contribution is -2.02. The maximum Gasteiger partial charge on any atom is 0.303 e. The van der Waals surface area contributed by atoms with Crippen LogP contribution in [0.25, 0.3) is 5.57 Å². The highest BCUT2D eigenvalue weighted by atomic mass is 16.4. The second-order valence-electron chi connectivity index (χ2n) is 4.49. The third-order valence-electron chi connectivity index (χ3n) is 3.25. The molecule has 0 aliphatic heterocycles. The van der Waals surface area contributed by atoms with Gasteiger partial charge in [0.25, 0.3) is 0 Å². The SMILES string of the molecule is CC(CCC(=O)O)C1=CC(O)c2ccccc21. The molecule has 0 heterocycles. The van der Waals surface area contributed by atoms with E-state index in [1.807, 2.05) is 37.3 Å². The quantitative estimate of drug-likeness (QED) is 0.839. The molecule has 90 valence electrons. The number of aliphatic hydroxyl groups is 1. The number of carboxylic acid groups (broad SMARTS) is 1. The molecule has 0 amide bonds. The number of hydrogen-bond acceptors (Lipinski definition) is 2. The molecule has 0 saturated heterocycles. The van der Waals surface area contributed by atoms with E-state index in [0.717, 1.165) is 16.7 Å². The number of carboxylic acids is 1. The molecule has 3 nitrogen and oxygen atoms in total. The molecule has 0 fully saturated rings. The molecule has 1 aliphatic carbocycles. The Morgan fingerprint density at radius 3 is 2.82 bits per heavy atom. The third kappa shape index (κ3) is 2.39. The molecule has 0 saturated carbocycles. The Balaban J connectivity index is 2.18. The van der Waals surface area contributed by atoms with Crippen molar-refractivity contribution in [1.29, 1.82) is 0 Å². The van der Waals surface area contributed by atoms with E-state index >= 15 is 0 Å². The highest BCUT2D eigenvalue weighted by Gasteiger charge is 2.24. The van der Waals surface area contributed by atoms with Gasteiger partial charge in [0.15, 0.2) is 0 Å². The Bertz CT molecular complexity index is 462. The highest BCUT2D eigenvalue weighted by molar-refractivity contribution is 5.76. The van der Waals surface area contributed by atoms with Crippen molar-refractivity contribution < 1.29 is 15.0 Å². The summed E-state index contributed by atoms with van der Waals surface area (Å²) in [6.45, 7) is 2.00. The molecule has 0 bridgehead atoms. The summed E-state index contributed by atoms with van der Waals surface area (Å²) in [4.78, 5) is 10.6. The molecule has 2 N–H and O–H groups in total. The van der Waals surface area contributed by atoms with Crippen molar-refractivity contribution in [1.82, 2.24) is 0 Å². The molecule has 0 spiro atoms. The van der Waals surface area contributed by atoms with Crippen LogP contribution in [-0.4, -0.2) is 16.2 Å². The fourth-order valence-corrected chi connectivity index (χ4v) is 2.29. The molecule has 17 heavy (non-hydrogen) atoms. The topological polar surface area (TPSA) is 57.5 Å². The Morgan fingerprint density at radius 1 is 1.41 bits per heavy atom. The van der Waals surface area contributed by atoms with Crippen LogP contribution in [0.2, 0.25) is 0 Å². The molecule has 2 rings (SSSR count). The van der Waals surface area contributed by atoms with E-state index in [1.54, 1.807) is 0 Å². The molecule has 2 unspecified atom stereocenters. The minimum atomic E-state index is -0.774. The van der Waals surface area contributed by atoms with Crippen LogP contribution in [0.15, 0.2) is 30.3 Å². The monoisotopic (exact) mass is 232 g/mol. The maximum absolute atomic E-state index is 10.6. The average Bonchev–Trinajstić information content (AvgIpc) is 2.65. The van der Waals surface area contributed by atoms with Crippen LogP contribution in [0.1, 0.15) is 37.0 Å². The van der Waals surface area contributed by atoms with Gasteiger partial charge in [-0.2, -0.15) is 0 Å². The second-order valence-corrected chi connectivity index (χ2v) is 4.49. The molecule has 1 aromatic carbocycles. The highest BCUT2D eigenvalue weighted by Crippen LogP contribution is 2.39. The summed E-state index contributed by atoms with van der Waals surface area (Å²) >= 11 is 0. The standard InChI is InChI=1S/C14H16O3/c1-9(6-7-14(16)17)12-8-13(15)11-5-3-2-4-10(11)12/h2-5,8-9,13,15H,6-7H2,1H3,(H,16,17). The number of fused-ring (bicyclic) bond motifs is 1. The van der Waals surface area contributed by atoms with E-state index in [9.17, 15) is 9.90 Å². The van der Waals surface area contributed by atoms with E-state index in [4.69, 9.17) is 5.11 Å². The van der Waals surface area contributed by atoms with Crippen molar-refractivity contribution in [3.8, 4) is 0 Å². The first-order chi connectivity index (χ1) is 8.09. The summed E-state index contributed by atoms with van der Waals surface area (Å²) in [6, 6.07) is 7.73. The lowest BCUT2D eigenvalue weighted by Gasteiger charge is -2.13. The van der Waals surface area contributed by atoms with E-state index in [0.29, 0.717) is 6.42 Å². The van der Waals surface area contributed by atoms with Crippen molar-refractivity contribution >= 4 is 11.5 Å². The molecular weight excluding hydrogens is 216 g/mol. The predicted molar refractivity (Wildman–Crippen MR) is 65.4 cm³/mol. The van der Waals surface area contributed by atoms with Crippen LogP contribution in [0.5, 0.6) is 0 Å². The van der Waals surface area contributed by atoms with Crippen molar-refractivity contribution in [3.05, 3.63) is 41.5 Å². The van der Waals surface area contributed by atoms with Crippen molar-refractivity contribution in [2.45, 2.75) is 25.9 Å². The first kappa shape index (κ1) is 11.9. The minimum Gasteiger partial charge on any atom is -0.481 e. The lowest BCUT2D eigenvalue weighted by atomic mass is 9.92. The molecular formula is C14H16O3. The van der Waals surface area contributed by atoms with E-state index in [2.05, 4.69) is 0 Å².